The molecule has 0 saturated carbocycles. The summed E-state index contributed by atoms with van der Waals surface area (Å²) in [6.45, 7) is 8.50. The van der Waals surface area contributed by atoms with Crippen molar-refractivity contribution in [2.24, 2.45) is 0 Å². The second-order valence-electron chi connectivity index (χ2n) is 7.21. The minimum absolute atomic E-state index is 0.259. The zero-order valence-electron chi connectivity index (χ0n) is 18.2. The van der Waals surface area contributed by atoms with Gasteiger partial charge in [0, 0.05) is 11.5 Å². The molecule has 0 fully saturated rings. The number of halogens is 1. The number of hydrogen-bond acceptors (Lipinski definition) is 4. The molecule has 0 amide bonds. The lowest BCUT2D eigenvalue weighted by atomic mass is 10.2. The predicted octanol–water partition coefficient (Wildman–Crippen LogP) is 5.56. The maximum absolute atomic E-state index is 12.8. The smallest absolute Gasteiger partial charge is 0.264 e. The van der Waals surface area contributed by atoms with E-state index in [4.69, 9.17) is 4.74 Å². The molecule has 0 unspecified atom stereocenters. The number of benzene rings is 2. The van der Waals surface area contributed by atoms with Crippen LogP contribution in [0.4, 0.5) is 5.69 Å². The van der Waals surface area contributed by atoms with E-state index in [0.29, 0.717) is 12.3 Å². The van der Waals surface area contributed by atoms with E-state index < -0.39 is 10.0 Å². The normalized spacial score (nSPS) is 11.6. The van der Waals surface area contributed by atoms with E-state index in [1.807, 2.05) is 12.1 Å². The second kappa shape index (κ2) is 12.3. The van der Waals surface area contributed by atoms with Crippen molar-refractivity contribution >= 4 is 31.6 Å². The van der Waals surface area contributed by atoms with Gasteiger partial charge in [-0.25, -0.2) is 8.42 Å². The first-order valence-corrected chi connectivity index (χ1v) is 12.8. The lowest BCUT2D eigenvalue weighted by Gasteiger charge is -2.20. The standard InChI is InChI=1S/C23H33BrN2O3S/c1-4-26(5-2)18-8-6-7-9-19-29-22-14-12-21(13-15-22)25(3)30(27,28)23-16-10-20(24)11-17-23/h10-17H,4-9,18-19H2,1-3H3. The molecule has 0 N–H and O–H groups in total. The van der Waals surface area contributed by atoms with E-state index in [2.05, 4.69) is 34.7 Å². The third-order valence-electron chi connectivity index (χ3n) is 5.20. The fourth-order valence-corrected chi connectivity index (χ4v) is 4.64. The number of ether oxygens (including phenoxy) is 1. The third kappa shape index (κ3) is 7.29. The molecule has 0 aromatic heterocycles. The molecule has 5 nitrogen and oxygen atoms in total. The Hall–Kier alpha value is -1.57. The predicted molar refractivity (Wildman–Crippen MR) is 128 cm³/mol. The van der Waals surface area contributed by atoms with Crippen molar-refractivity contribution in [3.05, 3.63) is 53.0 Å². The molecule has 0 heterocycles. The molecule has 2 aromatic rings. The highest BCUT2D eigenvalue weighted by Crippen LogP contribution is 2.25. The van der Waals surface area contributed by atoms with Crippen molar-refractivity contribution in [2.75, 3.05) is 37.6 Å². The minimum Gasteiger partial charge on any atom is -0.494 e. The van der Waals surface area contributed by atoms with Crippen LogP contribution >= 0.6 is 15.9 Å². The maximum atomic E-state index is 12.8. The highest BCUT2D eigenvalue weighted by atomic mass is 79.9. The Balaban J connectivity index is 1.78. The van der Waals surface area contributed by atoms with E-state index in [1.54, 1.807) is 43.4 Å². The Kier molecular flexibility index (Phi) is 10.1. The summed E-state index contributed by atoms with van der Waals surface area (Å²) >= 11 is 3.33. The molecule has 2 rings (SSSR count). The fraction of sp³-hybridized carbons (Fsp3) is 0.478. The summed E-state index contributed by atoms with van der Waals surface area (Å²) in [6.07, 6.45) is 4.64. The van der Waals surface area contributed by atoms with Gasteiger partial charge in [0.05, 0.1) is 17.2 Å². The van der Waals surface area contributed by atoms with Gasteiger partial charge in [-0.3, -0.25) is 4.31 Å². The van der Waals surface area contributed by atoms with Crippen LogP contribution in [0.1, 0.15) is 39.5 Å². The van der Waals surface area contributed by atoms with Gasteiger partial charge >= 0.3 is 0 Å². The Morgan fingerprint density at radius 2 is 1.47 bits per heavy atom. The molecule has 2 aromatic carbocycles. The van der Waals surface area contributed by atoms with E-state index in [0.717, 1.165) is 36.2 Å². The van der Waals surface area contributed by atoms with Crippen LogP contribution in [0.25, 0.3) is 0 Å². The summed E-state index contributed by atoms with van der Waals surface area (Å²) in [5.41, 5.74) is 0.599. The first-order chi connectivity index (χ1) is 14.4. The summed E-state index contributed by atoms with van der Waals surface area (Å²) in [5, 5.41) is 0. The van der Waals surface area contributed by atoms with Gasteiger partial charge in [0.1, 0.15) is 5.75 Å². The van der Waals surface area contributed by atoms with Crippen LogP contribution in [0.15, 0.2) is 57.9 Å². The third-order valence-corrected chi connectivity index (χ3v) is 7.53. The molecular weight excluding hydrogens is 464 g/mol. The molecule has 7 heteroatoms. The molecule has 0 aliphatic heterocycles. The van der Waals surface area contributed by atoms with E-state index in [-0.39, 0.29) is 4.90 Å². The maximum Gasteiger partial charge on any atom is 0.264 e. The van der Waals surface area contributed by atoms with Gasteiger partial charge in [-0.15, -0.1) is 0 Å². The summed E-state index contributed by atoms with van der Waals surface area (Å²) in [4.78, 5) is 2.71. The number of nitrogens with zero attached hydrogens (tertiary/aromatic N) is 2. The van der Waals surface area contributed by atoms with Gasteiger partial charge < -0.3 is 9.64 Å². The van der Waals surface area contributed by atoms with Crippen LogP contribution in [0, 0.1) is 0 Å². The highest BCUT2D eigenvalue weighted by molar-refractivity contribution is 9.10. The van der Waals surface area contributed by atoms with Crippen molar-refractivity contribution < 1.29 is 13.2 Å². The molecule has 0 bridgehead atoms. The number of hydrogen-bond donors (Lipinski definition) is 0. The van der Waals surface area contributed by atoms with Crippen LogP contribution in [-0.4, -0.2) is 46.6 Å². The van der Waals surface area contributed by atoms with Crippen LogP contribution in [-0.2, 0) is 10.0 Å². The molecule has 0 aliphatic carbocycles. The first kappa shape index (κ1) is 24.7. The largest absolute Gasteiger partial charge is 0.494 e. The van der Waals surface area contributed by atoms with Crippen LogP contribution in [0.2, 0.25) is 0 Å². The van der Waals surface area contributed by atoms with Crippen LogP contribution < -0.4 is 9.04 Å². The number of unbranched alkanes of at least 4 members (excludes halogenated alkanes) is 3. The highest BCUT2D eigenvalue weighted by Gasteiger charge is 2.21. The Labute approximate surface area is 190 Å². The minimum atomic E-state index is -3.59. The zero-order valence-corrected chi connectivity index (χ0v) is 20.6. The Bertz CT molecular complexity index is 851. The Morgan fingerprint density at radius 1 is 0.867 bits per heavy atom. The number of sulfonamides is 1. The molecule has 30 heavy (non-hydrogen) atoms. The van der Waals surface area contributed by atoms with Crippen LogP contribution in [0.3, 0.4) is 0 Å². The lowest BCUT2D eigenvalue weighted by Crippen LogP contribution is -2.26. The molecular formula is C23H33BrN2O3S. The second-order valence-corrected chi connectivity index (χ2v) is 10.1. The quantitative estimate of drug-likeness (QED) is 0.340. The summed E-state index contributed by atoms with van der Waals surface area (Å²) < 4.78 is 33.5. The average Bonchev–Trinajstić information content (AvgIpc) is 2.76. The molecule has 0 saturated heterocycles. The topological polar surface area (TPSA) is 49.9 Å². The number of anilines is 1. The SMILES string of the molecule is CCN(CC)CCCCCCOc1ccc(N(C)S(=O)(=O)c2ccc(Br)cc2)cc1. The van der Waals surface area contributed by atoms with Gasteiger partial charge in [-0.2, -0.15) is 0 Å². The van der Waals surface area contributed by atoms with E-state index >= 15 is 0 Å². The van der Waals surface area contributed by atoms with Crippen molar-refractivity contribution in [3.8, 4) is 5.75 Å². The number of rotatable bonds is 13. The summed E-state index contributed by atoms with van der Waals surface area (Å²) in [6, 6.07) is 13.8. The van der Waals surface area contributed by atoms with Gasteiger partial charge in [0.2, 0.25) is 0 Å². The molecule has 0 spiro atoms. The molecule has 0 atom stereocenters. The van der Waals surface area contributed by atoms with Crippen LogP contribution in [0.5, 0.6) is 5.75 Å². The van der Waals surface area contributed by atoms with Crippen molar-refractivity contribution in [3.63, 3.8) is 0 Å². The van der Waals surface area contributed by atoms with Gasteiger partial charge in [-0.1, -0.05) is 42.6 Å². The van der Waals surface area contributed by atoms with Gasteiger partial charge in [-0.05, 0) is 81.0 Å². The fourth-order valence-electron chi connectivity index (χ4n) is 3.18. The van der Waals surface area contributed by atoms with E-state index in [9.17, 15) is 8.42 Å². The van der Waals surface area contributed by atoms with E-state index in [1.165, 1.54) is 23.7 Å². The summed E-state index contributed by atoms with van der Waals surface area (Å²) in [7, 11) is -2.03. The van der Waals surface area contributed by atoms with Crippen molar-refractivity contribution in [1.82, 2.24) is 4.90 Å². The first-order valence-electron chi connectivity index (χ1n) is 10.6. The Morgan fingerprint density at radius 3 is 2.07 bits per heavy atom. The van der Waals surface area contributed by atoms with Gasteiger partial charge in [0.25, 0.3) is 10.0 Å². The molecule has 0 aliphatic rings. The lowest BCUT2D eigenvalue weighted by molar-refractivity contribution is 0.284. The zero-order chi connectivity index (χ0) is 22.0. The van der Waals surface area contributed by atoms with Crippen molar-refractivity contribution in [2.45, 2.75) is 44.4 Å². The van der Waals surface area contributed by atoms with Gasteiger partial charge in [0.15, 0.2) is 0 Å². The molecule has 166 valence electrons. The molecule has 0 radical (unpaired) electrons. The van der Waals surface area contributed by atoms with Crippen molar-refractivity contribution in [1.29, 1.82) is 0 Å². The average molecular weight is 497 g/mol. The summed E-state index contributed by atoms with van der Waals surface area (Å²) in [5.74, 6) is 0.760. The monoisotopic (exact) mass is 496 g/mol.